The molecule has 106 valence electrons. The minimum atomic E-state index is -0.0651. The molecule has 0 aromatic rings. The third-order valence-corrected chi connectivity index (χ3v) is 6.06. The van der Waals surface area contributed by atoms with Crippen molar-refractivity contribution in [3.8, 4) is 6.07 Å². The maximum absolute atomic E-state index is 12.0. The van der Waals surface area contributed by atoms with Crippen LogP contribution in [-0.4, -0.2) is 24.0 Å². The molecule has 0 spiro atoms. The smallest absolute Gasteiger partial charge is 0.321 e. The predicted octanol–water partition coefficient (Wildman–Crippen LogP) is 2.63. The largest absolute Gasteiger partial charge is 0.330 e. The van der Waals surface area contributed by atoms with E-state index < -0.39 is 0 Å². The van der Waals surface area contributed by atoms with E-state index in [4.69, 9.17) is 0 Å². The van der Waals surface area contributed by atoms with Crippen LogP contribution in [0.4, 0.5) is 4.79 Å². The zero-order chi connectivity index (χ0) is 13.9. The second-order valence-corrected chi connectivity index (χ2v) is 7.47. The van der Waals surface area contributed by atoms with E-state index in [0.717, 1.165) is 23.3 Å². The van der Waals surface area contributed by atoms with Crippen molar-refractivity contribution < 1.29 is 4.79 Å². The molecule has 1 aliphatic heterocycles. The first-order valence-corrected chi connectivity index (χ1v) is 7.75. The first kappa shape index (κ1) is 12.3. The molecule has 4 bridgehead atoms. The van der Waals surface area contributed by atoms with Crippen LogP contribution in [0.5, 0.6) is 0 Å². The molecule has 5 aliphatic rings. The average Bonchev–Trinajstić information content (AvgIpc) is 2.39. The van der Waals surface area contributed by atoms with Gasteiger partial charge in [-0.05, 0) is 61.7 Å². The summed E-state index contributed by atoms with van der Waals surface area (Å²) >= 11 is 0. The van der Waals surface area contributed by atoms with Gasteiger partial charge < -0.3 is 10.2 Å². The van der Waals surface area contributed by atoms with Crippen LogP contribution in [0.15, 0.2) is 11.8 Å². The number of urea groups is 1. The molecule has 0 radical (unpaired) electrons. The Morgan fingerprint density at radius 2 is 1.80 bits per heavy atom. The summed E-state index contributed by atoms with van der Waals surface area (Å²) in [4.78, 5) is 13.5. The van der Waals surface area contributed by atoms with Crippen LogP contribution in [-0.2, 0) is 0 Å². The standard InChI is InChI=1S/C16H21N3O/c1-19-9-13(8-17)14(18-15(19)20)16-5-10-2-11(6-16)4-12(3-10)7-16/h9-12,14H,2-7H2,1H3,(H,18,20). The van der Waals surface area contributed by atoms with Gasteiger partial charge in [-0.25, -0.2) is 4.79 Å². The van der Waals surface area contributed by atoms with Crippen LogP contribution in [0.1, 0.15) is 38.5 Å². The zero-order valence-electron chi connectivity index (χ0n) is 11.9. The number of carbonyl (C=O) groups is 1. The molecule has 20 heavy (non-hydrogen) atoms. The Labute approximate surface area is 119 Å². The molecule has 2 amide bonds. The number of nitrogens with zero attached hydrogens (tertiary/aromatic N) is 2. The van der Waals surface area contributed by atoms with Gasteiger partial charge in [-0.15, -0.1) is 0 Å². The summed E-state index contributed by atoms with van der Waals surface area (Å²) in [6.07, 6.45) is 9.48. The van der Waals surface area contributed by atoms with E-state index in [-0.39, 0.29) is 17.5 Å². The minimum absolute atomic E-state index is 0.0513. The Hall–Kier alpha value is -1.50. The third kappa shape index (κ3) is 1.62. The van der Waals surface area contributed by atoms with Crippen LogP contribution in [0.3, 0.4) is 0 Å². The van der Waals surface area contributed by atoms with Gasteiger partial charge in [0.15, 0.2) is 0 Å². The molecule has 1 unspecified atom stereocenters. The minimum Gasteiger partial charge on any atom is -0.330 e. The number of nitriles is 1. The predicted molar refractivity (Wildman–Crippen MR) is 74.4 cm³/mol. The lowest BCUT2D eigenvalue weighted by Gasteiger charge is -2.59. The lowest BCUT2D eigenvalue weighted by Crippen LogP contribution is -2.60. The molecule has 0 saturated heterocycles. The molecule has 1 N–H and O–H groups in total. The number of amides is 2. The Morgan fingerprint density at radius 1 is 1.25 bits per heavy atom. The molecular formula is C16H21N3O. The highest BCUT2D eigenvalue weighted by molar-refractivity contribution is 5.78. The van der Waals surface area contributed by atoms with Crippen LogP contribution in [0, 0.1) is 34.5 Å². The van der Waals surface area contributed by atoms with Crippen molar-refractivity contribution in [1.29, 1.82) is 5.26 Å². The van der Waals surface area contributed by atoms with E-state index >= 15 is 0 Å². The van der Waals surface area contributed by atoms with E-state index in [1.807, 2.05) is 0 Å². The molecular weight excluding hydrogens is 250 g/mol. The van der Waals surface area contributed by atoms with Gasteiger partial charge in [0.1, 0.15) is 0 Å². The van der Waals surface area contributed by atoms with Crippen molar-refractivity contribution in [1.82, 2.24) is 10.2 Å². The highest BCUT2D eigenvalue weighted by Crippen LogP contribution is 2.62. The van der Waals surface area contributed by atoms with Crippen molar-refractivity contribution in [2.45, 2.75) is 44.6 Å². The average molecular weight is 271 g/mol. The zero-order valence-corrected chi connectivity index (χ0v) is 11.9. The normalized spacial score (nSPS) is 45.9. The summed E-state index contributed by atoms with van der Waals surface area (Å²) in [5.41, 5.74) is 0.904. The SMILES string of the molecule is CN1C=C(C#N)C(C23CC4CC(CC(C4)C2)C3)NC1=O. The van der Waals surface area contributed by atoms with Crippen molar-refractivity contribution in [2.24, 2.45) is 23.2 Å². The van der Waals surface area contributed by atoms with Crippen molar-refractivity contribution >= 4 is 6.03 Å². The van der Waals surface area contributed by atoms with Gasteiger partial charge >= 0.3 is 6.03 Å². The third-order valence-electron chi connectivity index (χ3n) is 6.06. The molecule has 4 nitrogen and oxygen atoms in total. The van der Waals surface area contributed by atoms with Gasteiger partial charge in [-0.3, -0.25) is 0 Å². The van der Waals surface area contributed by atoms with E-state index in [2.05, 4.69) is 11.4 Å². The maximum atomic E-state index is 12.0. The molecule has 1 atom stereocenters. The number of carbonyl (C=O) groups excluding carboxylic acids is 1. The number of nitrogens with one attached hydrogen (secondary N) is 1. The van der Waals surface area contributed by atoms with E-state index in [0.29, 0.717) is 0 Å². The number of hydrogen-bond acceptors (Lipinski definition) is 2. The quantitative estimate of drug-likeness (QED) is 0.797. The van der Waals surface area contributed by atoms with Crippen molar-refractivity contribution in [2.75, 3.05) is 7.05 Å². The molecule has 0 aromatic carbocycles. The summed E-state index contributed by atoms with van der Waals surface area (Å²) in [7, 11) is 1.71. The molecule has 4 aliphatic carbocycles. The second-order valence-electron chi connectivity index (χ2n) is 7.47. The fraction of sp³-hybridized carbons (Fsp3) is 0.750. The van der Waals surface area contributed by atoms with E-state index in [1.54, 1.807) is 13.2 Å². The van der Waals surface area contributed by atoms with Crippen LogP contribution in [0.2, 0.25) is 0 Å². The first-order chi connectivity index (χ1) is 9.59. The van der Waals surface area contributed by atoms with Crippen molar-refractivity contribution in [3.05, 3.63) is 11.8 Å². The lowest BCUT2D eigenvalue weighted by atomic mass is 9.47. The fourth-order valence-corrected chi connectivity index (χ4v) is 5.75. The van der Waals surface area contributed by atoms with Crippen LogP contribution in [0.25, 0.3) is 0 Å². The van der Waals surface area contributed by atoms with E-state index in [1.165, 1.54) is 43.4 Å². The molecule has 5 rings (SSSR count). The highest BCUT2D eigenvalue weighted by Gasteiger charge is 2.56. The number of hydrogen-bond donors (Lipinski definition) is 1. The van der Waals surface area contributed by atoms with Gasteiger partial charge in [0, 0.05) is 13.2 Å². The summed E-state index contributed by atoms with van der Waals surface area (Å²) in [6, 6.07) is 2.22. The van der Waals surface area contributed by atoms with Crippen LogP contribution < -0.4 is 5.32 Å². The maximum Gasteiger partial charge on any atom is 0.321 e. The summed E-state index contributed by atoms with van der Waals surface area (Å²) < 4.78 is 0. The van der Waals surface area contributed by atoms with E-state index in [9.17, 15) is 10.1 Å². The summed E-state index contributed by atoms with van der Waals surface area (Å²) in [5.74, 6) is 2.49. The molecule has 4 saturated carbocycles. The molecule has 4 fully saturated rings. The molecule has 1 heterocycles. The van der Waals surface area contributed by atoms with Gasteiger partial charge in [0.2, 0.25) is 0 Å². The van der Waals surface area contributed by atoms with Gasteiger partial charge in [-0.2, -0.15) is 5.26 Å². The Kier molecular flexibility index (Phi) is 2.45. The molecule has 4 heteroatoms. The first-order valence-electron chi connectivity index (χ1n) is 7.75. The second kappa shape index (κ2) is 4.00. The highest BCUT2D eigenvalue weighted by atomic mass is 16.2. The Bertz CT molecular complexity index is 495. The lowest BCUT2D eigenvalue weighted by molar-refractivity contribution is -0.0656. The van der Waals surface area contributed by atoms with Gasteiger partial charge in [-0.1, -0.05) is 0 Å². The molecule has 0 aromatic heterocycles. The van der Waals surface area contributed by atoms with Crippen LogP contribution >= 0.6 is 0 Å². The van der Waals surface area contributed by atoms with Crippen molar-refractivity contribution in [3.63, 3.8) is 0 Å². The fourth-order valence-electron chi connectivity index (χ4n) is 5.75. The topological polar surface area (TPSA) is 56.1 Å². The monoisotopic (exact) mass is 271 g/mol. The van der Waals surface area contributed by atoms with Gasteiger partial charge in [0.05, 0.1) is 17.7 Å². The summed E-state index contributed by atoms with van der Waals surface area (Å²) in [5, 5.41) is 12.6. The Morgan fingerprint density at radius 3 is 2.30 bits per heavy atom. The Balaban J connectivity index is 1.71. The summed E-state index contributed by atoms with van der Waals surface area (Å²) in [6.45, 7) is 0. The number of rotatable bonds is 1. The van der Waals surface area contributed by atoms with Gasteiger partial charge in [0.25, 0.3) is 0 Å².